The number of rotatable bonds is 3. The predicted octanol–water partition coefficient (Wildman–Crippen LogP) is 9.77. The smallest absolute Gasteiger partial charge is 0.0803 e. The summed E-state index contributed by atoms with van der Waals surface area (Å²) in [5.41, 5.74) is 6.90. The van der Waals surface area contributed by atoms with Gasteiger partial charge >= 0.3 is 0 Å². The van der Waals surface area contributed by atoms with Gasteiger partial charge in [-0.25, -0.2) is 0 Å². The fourth-order valence-corrected chi connectivity index (χ4v) is 7.05. The van der Waals surface area contributed by atoms with Gasteiger partial charge in [0.2, 0.25) is 0 Å². The number of aryl methyl sites for hydroxylation is 1. The fraction of sp³-hybridized carbons (Fsp3) is 0.303. The summed E-state index contributed by atoms with van der Waals surface area (Å²) in [7, 11) is 0. The average Bonchev–Trinajstić information content (AvgIpc) is 2.79. The van der Waals surface area contributed by atoms with Crippen molar-refractivity contribution in [3.8, 4) is 11.3 Å². The van der Waals surface area contributed by atoms with Crippen molar-refractivity contribution in [3.05, 3.63) is 77.5 Å². The monoisotopic (exact) mass is 475 g/mol. The zero-order valence-electron chi connectivity index (χ0n) is 21.6. The van der Waals surface area contributed by atoms with Gasteiger partial charge in [-0.2, -0.15) is 0 Å². The maximum Gasteiger partial charge on any atom is 0.0803 e. The summed E-state index contributed by atoms with van der Waals surface area (Å²) in [6.45, 7) is 13.8. The highest BCUT2D eigenvalue weighted by Gasteiger charge is 2.26. The molecule has 0 unspecified atom stereocenters. The maximum absolute atomic E-state index is 5.00. The molecule has 2 heterocycles. The highest BCUT2D eigenvalue weighted by atomic mass is 32.2. The first-order valence-corrected chi connectivity index (χ1v) is 13.6. The molecule has 0 N–H and O–H groups in total. The summed E-state index contributed by atoms with van der Waals surface area (Å²) in [6, 6.07) is 20.8. The van der Waals surface area contributed by atoms with Gasteiger partial charge in [-0.15, -0.1) is 0 Å². The number of nitrogens with zero attached hydrogens (tertiary/aromatic N) is 1. The molecule has 35 heavy (non-hydrogen) atoms. The molecular formula is C33H33NS. The lowest BCUT2D eigenvalue weighted by atomic mass is 9.85. The number of pyridine rings is 1. The molecule has 176 valence electrons. The van der Waals surface area contributed by atoms with Crippen LogP contribution >= 0.6 is 11.8 Å². The van der Waals surface area contributed by atoms with Crippen molar-refractivity contribution in [2.45, 2.75) is 64.2 Å². The van der Waals surface area contributed by atoms with Crippen LogP contribution in [-0.4, -0.2) is 4.98 Å². The second-order valence-corrected chi connectivity index (χ2v) is 12.9. The van der Waals surface area contributed by atoms with Gasteiger partial charge in [-0.3, -0.25) is 4.98 Å². The molecule has 0 aliphatic carbocycles. The summed E-state index contributed by atoms with van der Waals surface area (Å²) in [5.74, 6) is 0.590. The van der Waals surface area contributed by atoms with Crippen molar-refractivity contribution < 1.29 is 0 Å². The first-order valence-electron chi connectivity index (χ1n) is 12.8. The molecule has 0 bridgehead atoms. The van der Waals surface area contributed by atoms with E-state index in [1.165, 1.54) is 64.4 Å². The third kappa shape index (κ3) is 3.83. The Labute approximate surface area is 213 Å². The SMILES string of the molecule is Cc1ccc2c(CC(C)C)c3c(cc2c1)-c1nccc2c1c(cc1c(CC(C)(C)C)cccc12)S3. The van der Waals surface area contributed by atoms with Crippen LogP contribution in [0.25, 0.3) is 43.6 Å². The normalized spacial score (nSPS) is 13.2. The first-order chi connectivity index (χ1) is 16.7. The molecular weight excluding hydrogens is 442 g/mol. The Morgan fingerprint density at radius 1 is 0.886 bits per heavy atom. The molecule has 1 aliphatic heterocycles. The van der Waals surface area contributed by atoms with Crippen LogP contribution in [0.5, 0.6) is 0 Å². The Kier molecular flexibility index (Phi) is 5.23. The minimum absolute atomic E-state index is 0.241. The van der Waals surface area contributed by atoms with E-state index in [4.69, 9.17) is 4.98 Å². The van der Waals surface area contributed by atoms with Crippen molar-refractivity contribution in [3.63, 3.8) is 0 Å². The van der Waals surface area contributed by atoms with Gasteiger partial charge in [-0.05, 0) is 87.4 Å². The first kappa shape index (κ1) is 22.6. The molecule has 2 heteroatoms. The number of hydrogen-bond acceptors (Lipinski definition) is 2. The molecule has 0 spiro atoms. The van der Waals surface area contributed by atoms with Crippen LogP contribution in [0.2, 0.25) is 0 Å². The van der Waals surface area contributed by atoms with Crippen molar-refractivity contribution in [1.29, 1.82) is 0 Å². The summed E-state index contributed by atoms with van der Waals surface area (Å²) in [5, 5.41) is 8.09. The summed E-state index contributed by atoms with van der Waals surface area (Å²) < 4.78 is 0. The predicted molar refractivity (Wildman–Crippen MR) is 153 cm³/mol. The third-order valence-electron chi connectivity index (χ3n) is 7.11. The highest BCUT2D eigenvalue weighted by Crippen LogP contribution is 2.52. The molecule has 4 aromatic carbocycles. The summed E-state index contributed by atoms with van der Waals surface area (Å²) >= 11 is 1.96. The zero-order chi connectivity index (χ0) is 24.5. The molecule has 0 saturated heterocycles. The van der Waals surface area contributed by atoms with Gasteiger partial charge in [0.15, 0.2) is 0 Å². The van der Waals surface area contributed by atoms with E-state index in [0.29, 0.717) is 5.92 Å². The van der Waals surface area contributed by atoms with Crippen LogP contribution < -0.4 is 0 Å². The second kappa shape index (κ2) is 8.10. The van der Waals surface area contributed by atoms with E-state index >= 15 is 0 Å². The fourth-order valence-electron chi connectivity index (χ4n) is 5.76. The quantitative estimate of drug-likeness (QED) is 0.236. The highest BCUT2D eigenvalue weighted by molar-refractivity contribution is 8.00. The lowest BCUT2D eigenvalue weighted by Crippen LogP contribution is -2.09. The van der Waals surface area contributed by atoms with E-state index in [1.807, 2.05) is 18.0 Å². The molecule has 0 radical (unpaired) electrons. The van der Waals surface area contributed by atoms with E-state index in [-0.39, 0.29) is 5.41 Å². The van der Waals surface area contributed by atoms with Crippen LogP contribution in [0.15, 0.2) is 70.6 Å². The van der Waals surface area contributed by atoms with Gasteiger partial charge in [0, 0.05) is 26.9 Å². The minimum atomic E-state index is 0.241. The minimum Gasteiger partial charge on any atom is -0.256 e. The Bertz CT molecular complexity index is 1640. The van der Waals surface area contributed by atoms with E-state index < -0.39 is 0 Å². The number of benzene rings is 4. The molecule has 5 aromatic rings. The summed E-state index contributed by atoms with van der Waals surface area (Å²) in [6.07, 6.45) is 4.15. The Morgan fingerprint density at radius 3 is 2.49 bits per heavy atom. The topological polar surface area (TPSA) is 12.9 Å². The standard InChI is InChI=1S/C33H33NS/c1-19(2)14-27-23-11-10-20(3)15-22(23)16-28-31-30-25(12-13-34-31)24-9-7-8-21(18-33(4,5)6)26(24)17-29(30)35-32(27)28/h7-13,15-17,19H,14,18H2,1-6H3. The lowest BCUT2D eigenvalue weighted by molar-refractivity contribution is 0.412. The molecule has 0 atom stereocenters. The van der Waals surface area contributed by atoms with Gasteiger partial charge in [0.1, 0.15) is 0 Å². The van der Waals surface area contributed by atoms with E-state index in [0.717, 1.165) is 18.5 Å². The third-order valence-corrected chi connectivity index (χ3v) is 8.32. The van der Waals surface area contributed by atoms with E-state index in [9.17, 15) is 0 Å². The zero-order valence-corrected chi connectivity index (χ0v) is 22.4. The van der Waals surface area contributed by atoms with Crippen LogP contribution in [0.3, 0.4) is 0 Å². The van der Waals surface area contributed by atoms with Crippen LogP contribution in [0.1, 0.15) is 51.3 Å². The van der Waals surface area contributed by atoms with E-state index in [1.54, 1.807) is 0 Å². The molecule has 0 fully saturated rings. The van der Waals surface area contributed by atoms with Crippen LogP contribution in [-0.2, 0) is 12.8 Å². The molecule has 1 nitrogen and oxygen atoms in total. The van der Waals surface area contributed by atoms with Gasteiger partial charge in [-0.1, -0.05) is 88.3 Å². The molecule has 0 saturated carbocycles. The van der Waals surface area contributed by atoms with E-state index in [2.05, 4.69) is 96.1 Å². The summed E-state index contributed by atoms with van der Waals surface area (Å²) in [4.78, 5) is 7.75. The Morgan fingerprint density at radius 2 is 1.71 bits per heavy atom. The van der Waals surface area contributed by atoms with Gasteiger partial charge < -0.3 is 0 Å². The van der Waals surface area contributed by atoms with Gasteiger partial charge in [0.25, 0.3) is 0 Å². The number of hydrogen-bond donors (Lipinski definition) is 0. The Hall–Kier alpha value is -2.84. The van der Waals surface area contributed by atoms with Crippen LogP contribution in [0.4, 0.5) is 0 Å². The van der Waals surface area contributed by atoms with Crippen molar-refractivity contribution in [2.24, 2.45) is 11.3 Å². The molecule has 6 rings (SSSR count). The van der Waals surface area contributed by atoms with Crippen molar-refractivity contribution >= 4 is 44.1 Å². The number of fused-ring (bicyclic) bond motifs is 5. The maximum atomic E-state index is 5.00. The lowest BCUT2D eigenvalue weighted by Gasteiger charge is -2.26. The molecule has 0 amide bonds. The van der Waals surface area contributed by atoms with Gasteiger partial charge in [0.05, 0.1) is 5.69 Å². The average molecular weight is 476 g/mol. The number of aromatic nitrogens is 1. The van der Waals surface area contributed by atoms with Crippen molar-refractivity contribution in [2.75, 3.05) is 0 Å². The second-order valence-electron chi connectivity index (χ2n) is 11.9. The molecule has 1 aliphatic rings. The van der Waals surface area contributed by atoms with Crippen molar-refractivity contribution in [1.82, 2.24) is 4.98 Å². The molecule has 1 aromatic heterocycles. The van der Waals surface area contributed by atoms with Crippen LogP contribution in [0, 0.1) is 18.3 Å². The Balaban J connectivity index is 1.70. The largest absolute Gasteiger partial charge is 0.256 e.